The maximum absolute atomic E-state index is 14.4. The number of rotatable bonds is 9. The van der Waals surface area contributed by atoms with Crippen LogP contribution in [-0.2, 0) is 25.7 Å². The molecule has 8 atom stereocenters. The van der Waals surface area contributed by atoms with Crippen LogP contribution < -0.4 is 10.6 Å². The van der Waals surface area contributed by atoms with E-state index in [4.69, 9.17) is 4.74 Å². The Bertz CT molecular complexity index is 1220. The van der Waals surface area contributed by atoms with E-state index in [1.165, 1.54) is 0 Å². The van der Waals surface area contributed by atoms with Gasteiger partial charge in [0.2, 0.25) is 17.7 Å². The summed E-state index contributed by atoms with van der Waals surface area (Å²) in [7, 11) is 0. The van der Waals surface area contributed by atoms with Gasteiger partial charge in [0.1, 0.15) is 11.6 Å². The van der Waals surface area contributed by atoms with Crippen molar-refractivity contribution in [1.29, 1.82) is 0 Å². The number of aliphatic hydroxyl groups is 1. The van der Waals surface area contributed by atoms with E-state index in [-0.39, 0.29) is 36.2 Å². The number of aliphatic hydroxyl groups excluding tert-OH is 1. The minimum Gasteiger partial charge on any atom is -0.394 e. The molecule has 0 aliphatic carbocycles. The number of fused-ring (bicyclic) bond motifs is 1. The van der Waals surface area contributed by atoms with Crippen molar-refractivity contribution in [3.05, 3.63) is 66.2 Å². The molecule has 8 heteroatoms. The van der Waals surface area contributed by atoms with Gasteiger partial charge >= 0.3 is 0 Å². The molecule has 39 heavy (non-hydrogen) atoms. The van der Waals surface area contributed by atoms with E-state index in [1.54, 1.807) is 17.0 Å². The Labute approximate surface area is 230 Å². The van der Waals surface area contributed by atoms with Crippen LogP contribution in [0.4, 0.5) is 5.69 Å². The van der Waals surface area contributed by atoms with E-state index in [2.05, 4.69) is 10.6 Å². The quantitative estimate of drug-likeness (QED) is 0.458. The van der Waals surface area contributed by atoms with E-state index < -0.39 is 35.1 Å². The summed E-state index contributed by atoms with van der Waals surface area (Å²) in [6, 6.07) is 17.2. The predicted molar refractivity (Wildman–Crippen MR) is 147 cm³/mol. The van der Waals surface area contributed by atoms with Crippen molar-refractivity contribution in [2.24, 2.45) is 23.7 Å². The molecule has 208 valence electrons. The first kappa shape index (κ1) is 27.3. The second kappa shape index (κ2) is 10.4. The molecule has 3 aliphatic rings. The van der Waals surface area contributed by atoms with Crippen LogP contribution in [0.2, 0.25) is 0 Å². The maximum Gasteiger partial charge on any atom is 0.246 e. The molecule has 3 aliphatic heterocycles. The highest BCUT2D eigenvalue weighted by Gasteiger charge is 2.80. The third-order valence-electron chi connectivity index (χ3n) is 9.48. The van der Waals surface area contributed by atoms with Gasteiger partial charge in [0.15, 0.2) is 0 Å². The van der Waals surface area contributed by atoms with Gasteiger partial charge in [0.25, 0.3) is 0 Å². The first-order chi connectivity index (χ1) is 18.7. The third-order valence-corrected chi connectivity index (χ3v) is 9.48. The average Bonchev–Trinajstić information content (AvgIpc) is 3.45. The van der Waals surface area contributed by atoms with Crippen LogP contribution in [0, 0.1) is 23.7 Å². The van der Waals surface area contributed by atoms with Gasteiger partial charge in [-0.3, -0.25) is 14.4 Å². The Hall–Kier alpha value is -3.23. The van der Waals surface area contributed by atoms with Crippen LogP contribution in [0.3, 0.4) is 0 Å². The molecule has 0 saturated carbocycles. The summed E-state index contributed by atoms with van der Waals surface area (Å²) in [5, 5.41) is 16.5. The molecule has 1 spiro atoms. The molecule has 3 fully saturated rings. The zero-order chi connectivity index (χ0) is 27.9. The van der Waals surface area contributed by atoms with Crippen molar-refractivity contribution in [1.82, 2.24) is 10.2 Å². The van der Waals surface area contributed by atoms with Crippen molar-refractivity contribution < 1.29 is 24.2 Å². The SMILES string of the molecule is CC[C@H](C)[C@H](CO)N1C(=O)[C@@H]2[C@H](C(=O)Nc3ccccc3)[C@@]3(C)OC2(CC3C)C1C(=O)NCc1ccccc1. The summed E-state index contributed by atoms with van der Waals surface area (Å²) in [5.41, 5.74) is -0.490. The highest BCUT2D eigenvalue weighted by Crippen LogP contribution is 2.65. The molecule has 3 N–H and O–H groups in total. The number of likely N-dealkylation sites (tertiary alicyclic amines) is 1. The molecule has 3 heterocycles. The number of benzene rings is 2. The molecule has 3 amide bonds. The first-order valence-electron chi connectivity index (χ1n) is 14.0. The summed E-state index contributed by atoms with van der Waals surface area (Å²) >= 11 is 0. The molecule has 2 aromatic carbocycles. The van der Waals surface area contributed by atoms with Crippen molar-refractivity contribution in [3.8, 4) is 0 Å². The first-order valence-corrected chi connectivity index (χ1v) is 14.0. The lowest BCUT2D eigenvalue weighted by atomic mass is 9.62. The topological polar surface area (TPSA) is 108 Å². The number of amides is 3. The van der Waals surface area contributed by atoms with Gasteiger partial charge in [0.05, 0.1) is 30.1 Å². The van der Waals surface area contributed by atoms with Crippen LogP contribution in [-0.4, -0.2) is 57.6 Å². The zero-order valence-corrected chi connectivity index (χ0v) is 23.1. The second-order valence-corrected chi connectivity index (χ2v) is 11.6. The smallest absolute Gasteiger partial charge is 0.246 e. The van der Waals surface area contributed by atoms with Crippen molar-refractivity contribution in [3.63, 3.8) is 0 Å². The fourth-order valence-electron chi connectivity index (χ4n) is 7.17. The number of nitrogens with zero attached hydrogens (tertiary/aromatic N) is 1. The van der Waals surface area contributed by atoms with E-state index in [1.807, 2.05) is 76.2 Å². The zero-order valence-electron chi connectivity index (χ0n) is 23.1. The second-order valence-electron chi connectivity index (χ2n) is 11.6. The van der Waals surface area contributed by atoms with Crippen molar-refractivity contribution in [2.45, 2.75) is 70.4 Å². The Balaban J connectivity index is 1.54. The molecule has 2 aromatic rings. The number of hydrogen-bond donors (Lipinski definition) is 3. The van der Waals surface area contributed by atoms with E-state index >= 15 is 0 Å². The van der Waals surface area contributed by atoms with E-state index in [0.29, 0.717) is 18.7 Å². The average molecular weight is 534 g/mol. The Morgan fingerprint density at radius 2 is 1.74 bits per heavy atom. The Morgan fingerprint density at radius 1 is 1.10 bits per heavy atom. The van der Waals surface area contributed by atoms with Gasteiger partial charge in [-0.05, 0) is 42.9 Å². The van der Waals surface area contributed by atoms with Crippen LogP contribution in [0.5, 0.6) is 0 Å². The van der Waals surface area contributed by atoms with Crippen LogP contribution >= 0.6 is 0 Å². The molecule has 0 radical (unpaired) electrons. The molecule has 3 saturated heterocycles. The van der Waals surface area contributed by atoms with Crippen molar-refractivity contribution in [2.75, 3.05) is 11.9 Å². The lowest BCUT2D eigenvalue weighted by molar-refractivity contribution is -0.151. The monoisotopic (exact) mass is 533 g/mol. The summed E-state index contributed by atoms with van der Waals surface area (Å²) in [6.45, 7) is 7.92. The number of anilines is 1. The number of ether oxygens (including phenoxy) is 1. The molecular weight excluding hydrogens is 494 g/mol. The van der Waals surface area contributed by atoms with Crippen LogP contribution in [0.1, 0.15) is 46.1 Å². The number of carbonyl (C=O) groups is 3. The van der Waals surface area contributed by atoms with Gasteiger partial charge in [-0.1, -0.05) is 75.7 Å². The summed E-state index contributed by atoms with van der Waals surface area (Å²) in [5.74, 6) is -2.62. The highest BCUT2D eigenvalue weighted by molar-refractivity contribution is 6.02. The van der Waals surface area contributed by atoms with Gasteiger partial charge in [-0.15, -0.1) is 0 Å². The summed E-state index contributed by atoms with van der Waals surface area (Å²) < 4.78 is 6.78. The third kappa shape index (κ3) is 4.34. The molecule has 0 aromatic heterocycles. The Kier molecular flexibility index (Phi) is 7.29. The predicted octanol–water partition coefficient (Wildman–Crippen LogP) is 3.36. The van der Waals surface area contributed by atoms with Gasteiger partial charge in [-0.2, -0.15) is 0 Å². The van der Waals surface area contributed by atoms with Crippen LogP contribution in [0.25, 0.3) is 0 Å². The fourth-order valence-corrected chi connectivity index (χ4v) is 7.17. The number of hydrogen-bond acceptors (Lipinski definition) is 5. The van der Waals surface area contributed by atoms with Crippen LogP contribution in [0.15, 0.2) is 60.7 Å². The lowest BCUT2D eigenvalue weighted by Crippen LogP contribution is -2.59. The lowest BCUT2D eigenvalue weighted by Gasteiger charge is -2.39. The number of para-hydroxylation sites is 1. The van der Waals surface area contributed by atoms with Gasteiger partial charge in [-0.25, -0.2) is 0 Å². The normalized spacial score (nSPS) is 32.5. The van der Waals surface area contributed by atoms with E-state index in [9.17, 15) is 19.5 Å². The largest absolute Gasteiger partial charge is 0.394 e. The molecule has 8 nitrogen and oxygen atoms in total. The minimum absolute atomic E-state index is 0.0552. The minimum atomic E-state index is -1.16. The molecule has 3 unspecified atom stereocenters. The standard InChI is InChI=1S/C31H39N3O5/c1-5-19(2)23(18-35)34-26(28(37)32-17-21-12-8-6-9-13-21)31-16-20(3)30(4,39-31)24(25(31)29(34)38)27(36)33-22-14-10-7-11-15-22/h6-15,19-20,23-26,35H,5,16-18H2,1-4H3,(H,32,37)(H,33,36)/t19-,20?,23-,24+,25-,26?,30-,31?/m0/s1. The number of carbonyl (C=O) groups excluding carboxylic acids is 3. The molecule has 2 bridgehead atoms. The summed E-state index contributed by atoms with van der Waals surface area (Å²) in [4.78, 5) is 43.8. The summed E-state index contributed by atoms with van der Waals surface area (Å²) in [6.07, 6.45) is 1.20. The molecular formula is C31H39N3O5. The Morgan fingerprint density at radius 3 is 2.36 bits per heavy atom. The van der Waals surface area contributed by atoms with E-state index in [0.717, 1.165) is 12.0 Å². The fraction of sp³-hybridized carbons (Fsp3) is 0.516. The molecule has 5 rings (SSSR count). The maximum atomic E-state index is 14.4. The van der Waals surface area contributed by atoms with Gasteiger partial charge in [0, 0.05) is 12.2 Å². The van der Waals surface area contributed by atoms with Gasteiger partial charge < -0.3 is 25.4 Å². The highest BCUT2D eigenvalue weighted by atomic mass is 16.5. The number of nitrogens with one attached hydrogen (secondary N) is 2. The van der Waals surface area contributed by atoms with Crippen molar-refractivity contribution >= 4 is 23.4 Å².